The number of hydrogen-bond donors (Lipinski definition) is 0. The van der Waals surface area contributed by atoms with Gasteiger partial charge in [0, 0.05) is 10.4 Å². The summed E-state index contributed by atoms with van der Waals surface area (Å²) in [5.41, 5.74) is 2.80. The van der Waals surface area contributed by atoms with Crippen LogP contribution in [-0.2, 0) is 0 Å². The summed E-state index contributed by atoms with van der Waals surface area (Å²) in [4.78, 5) is 0. The zero-order valence-corrected chi connectivity index (χ0v) is 12.9. The van der Waals surface area contributed by atoms with E-state index in [1.54, 1.807) is 12.1 Å². The van der Waals surface area contributed by atoms with Gasteiger partial charge < -0.3 is 0 Å². The molecule has 3 rings (SSSR count). The monoisotopic (exact) mass is 318 g/mol. The minimum Gasteiger partial charge on any atom is -0.206 e. The van der Waals surface area contributed by atoms with Crippen molar-refractivity contribution in [1.82, 2.24) is 0 Å². The van der Waals surface area contributed by atoms with E-state index in [1.165, 1.54) is 6.07 Å². The van der Waals surface area contributed by atoms with E-state index in [9.17, 15) is 4.39 Å². The second-order valence-electron chi connectivity index (χ2n) is 5.05. The Morgan fingerprint density at radius 3 is 2.38 bits per heavy atom. The average Bonchev–Trinajstić information content (AvgIpc) is 2.50. The van der Waals surface area contributed by atoms with Crippen LogP contribution >= 0.6 is 23.2 Å². The Morgan fingerprint density at radius 1 is 0.952 bits per heavy atom. The van der Waals surface area contributed by atoms with E-state index in [0.717, 1.165) is 22.1 Å². The second-order valence-corrected chi connectivity index (χ2v) is 5.90. The van der Waals surface area contributed by atoms with Crippen molar-refractivity contribution >= 4 is 34.0 Å². The van der Waals surface area contributed by atoms with Gasteiger partial charge in [-0.15, -0.1) is 11.6 Å². The van der Waals surface area contributed by atoms with Crippen molar-refractivity contribution in [2.24, 2.45) is 0 Å². The van der Waals surface area contributed by atoms with Crippen LogP contribution in [0.25, 0.3) is 10.8 Å². The Morgan fingerprint density at radius 2 is 1.67 bits per heavy atom. The van der Waals surface area contributed by atoms with E-state index < -0.39 is 0 Å². The number of rotatable bonds is 2. The molecule has 3 aromatic carbocycles. The lowest BCUT2D eigenvalue weighted by Crippen LogP contribution is -1.96. The topological polar surface area (TPSA) is 0 Å². The Labute approximate surface area is 133 Å². The fourth-order valence-electron chi connectivity index (χ4n) is 2.45. The van der Waals surface area contributed by atoms with Gasteiger partial charge in [-0.3, -0.25) is 0 Å². The molecule has 0 spiro atoms. The van der Waals surface area contributed by atoms with Gasteiger partial charge in [0.05, 0.1) is 5.38 Å². The highest BCUT2D eigenvalue weighted by atomic mass is 35.5. The van der Waals surface area contributed by atoms with Crippen LogP contribution in [0.15, 0.2) is 54.6 Å². The fraction of sp³-hybridized carbons (Fsp3) is 0.111. The van der Waals surface area contributed by atoms with Gasteiger partial charge >= 0.3 is 0 Å². The highest BCUT2D eigenvalue weighted by Crippen LogP contribution is 2.36. The summed E-state index contributed by atoms with van der Waals surface area (Å²) >= 11 is 12.8. The zero-order valence-electron chi connectivity index (χ0n) is 11.4. The first kappa shape index (κ1) is 14.4. The largest absolute Gasteiger partial charge is 0.206 e. The number of alkyl halides is 1. The molecule has 0 heterocycles. The van der Waals surface area contributed by atoms with E-state index in [2.05, 4.69) is 0 Å². The molecule has 0 aromatic heterocycles. The molecule has 0 amide bonds. The molecule has 0 N–H and O–H groups in total. The molecule has 0 saturated heterocycles. The summed E-state index contributed by atoms with van der Waals surface area (Å²) in [6.45, 7) is 1.95. The standard InChI is InChI=1S/C18H13Cl2F/c1-11-6-7-12(10-16(11)19)18(20)15-8-9-17(21)14-5-3-2-4-13(14)15/h2-10,18H,1H3. The van der Waals surface area contributed by atoms with E-state index >= 15 is 0 Å². The minimum atomic E-state index is -0.367. The van der Waals surface area contributed by atoms with Crippen molar-refractivity contribution in [1.29, 1.82) is 0 Å². The number of aryl methyl sites for hydroxylation is 1. The van der Waals surface area contributed by atoms with Gasteiger partial charge in [-0.25, -0.2) is 4.39 Å². The predicted molar refractivity (Wildman–Crippen MR) is 87.8 cm³/mol. The molecule has 0 nitrogen and oxygen atoms in total. The zero-order chi connectivity index (χ0) is 15.0. The van der Waals surface area contributed by atoms with E-state index in [4.69, 9.17) is 23.2 Å². The number of fused-ring (bicyclic) bond motifs is 1. The second kappa shape index (κ2) is 5.67. The quantitative estimate of drug-likeness (QED) is 0.488. The SMILES string of the molecule is Cc1ccc(C(Cl)c2ccc(F)c3ccccc23)cc1Cl. The maximum Gasteiger partial charge on any atom is 0.131 e. The smallest absolute Gasteiger partial charge is 0.131 e. The summed E-state index contributed by atoms with van der Waals surface area (Å²) in [6, 6.07) is 16.3. The molecule has 1 unspecified atom stereocenters. The van der Waals surface area contributed by atoms with Gasteiger partial charge in [0.15, 0.2) is 0 Å². The van der Waals surface area contributed by atoms with Gasteiger partial charge in [0.1, 0.15) is 5.82 Å². The van der Waals surface area contributed by atoms with Crippen LogP contribution in [0.5, 0.6) is 0 Å². The lowest BCUT2D eigenvalue weighted by molar-refractivity contribution is 0.639. The third kappa shape index (κ3) is 2.64. The highest BCUT2D eigenvalue weighted by molar-refractivity contribution is 6.31. The fourth-order valence-corrected chi connectivity index (χ4v) is 2.97. The van der Waals surface area contributed by atoms with Gasteiger partial charge in [-0.1, -0.05) is 54.1 Å². The maximum atomic E-state index is 13.9. The molecule has 3 heteroatoms. The van der Waals surface area contributed by atoms with Gasteiger partial charge in [-0.05, 0) is 41.1 Å². The van der Waals surface area contributed by atoms with Gasteiger partial charge in [-0.2, -0.15) is 0 Å². The van der Waals surface area contributed by atoms with Crippen LogP contribution in [0.2, 0.25) is 5.02 Å². The van der Waals surface area contributed by atoms with E-state index in [1.807, 2.05) is 43.3 Å². The maximum absolute atomic E-state index is 13.9. The van der Waals surface area contributed by atoms with E-state index in [-0.39, 0.29) is 11.2 Å². The van der Waals surface area contributed by atoms with Crippen LogP contribution in [0.1, 0.15) is 22.1 Å². The molecule has 0 saturated carbocycles. The molecular weight excluding hydrogens is 306 g/mol. The highest BCUT2D eigenvalue weighted by Gasteiger charge is 2.16. The Hall–Kier alpha value is -1.57. The Kier molecular flexibility index (Phi) is 3.88. The van der Waals surface area contributed by atoms with Gasteiger partial charge in [0.2, 0.25) is 0 Å². The van der Waals surface area contributed by atoms with Crippen LogP contribution < -0.4 is 0 Å². The predicted octanol–water partition coefficient (Wildman–Crippen LogP) is 6.27. The number of hydrogen-bond acceptors (Lipinski definition) is 0. The number of halogens is 3. The Balaban J connectivity index is 2.15. The molecule has 0 fully saturated rings. The van der Waals surface area contributed by atoms with Crippen molar-refractivity contribution in [3.05, 3.63) is 82.1 Å². The van der Waals surface area contributed by atoms with Crippen molar-refractivity contribution < 1.29 is 4.39 Å². The molecule has 0 aliphatic rings. The number of benzene rings is 3. The summed E-state index contributed by atoms with van der Waals surface area (Å²) < 4.78 is 13.9. The first-order valence-electron chi connectivity index (χ1n) is 6.65. The lowest BCUT2D eigenvalue weighted by atomic mass is 9.97. The van der Waals surface area contributed by atoms with Crippen LogP contribution in [0.4, 0.5) is 4.39 Å². The molecule has 21 heavy (non-hydrogen) atoms. The molecule has 0 aliphatic carbocycles. The minimum absolute atomic E-state index is 0.236. The van der Waals surface area contributed by atoms with Crippen LogP contribution in [0.3, 0.4) is 0 Å². The Bertz CT molecular complexity index is 811. The molecule has 0 radical (unpaired) electrons. The molecular formula is C18H13Cl2F. The summed E-state index contributed by atoms with van der Waals surface area (Å²) in [5.74, 6) is -0.236. The van der Waals surface area contributed by atoms with Crippen molar-refractivity contribution in [2.75, 3.05) is 0 Å². The average molecular weight is 319 g/mol. The van der Waals surface area contributed by atoms with Crippen molar-refractivity contribution in [2.45, 2.75) is 12.3 Å². The molecule has 106 valence electrons. The molecule has 1 atom stereocenters. The lowest BCUT2D eigenvalue weighted by Gasteiger charge is -2.14. The van der Waals surface area contributed by atoms with Crippen molar-refractivity contribution in [3.8, 4) is 0 Å². The first-order chi connectivity index (χ1) is 10.1. The molecule has 0 bridgehead atoms. The summed E-state index contributed by atoms with van der Waals surface area (Å²) in [7, 11) is 0. The third-order valence-corrected chi connectivity index (χ3v) is 4.56. The summed E-state index contributed by atoms with van der Waals surface area (Å²) in [6.07, 6.45) is 0. The third-order valence-electron chi connectivity index (χ3n) is 3.67. The molecule has 0 aliphatic heterocycles. The molecule has 3 aromatic rings. The first-order valence-corrected chi connectivity index (χ1v) is 7.46. The normalized spacial score (nSPS) is 12.6. The summed E-state index contributed by atoms with van der Waals surface area (Å²) in [5, 5.41) is 1.73. The van der Waals surface area contributed by atoms with Crippen LogP contribution in [-0.4, -0.2) is 0 Å². The van der Waals surface area contributed by atoms with Gasteiger partial charge in [0.25, 0.3) is 0 Å². The van der Waals surface area contributed by atoms with Crippen molar-refractivity contribution in [3.63, 3.8) is 0 Å². The van der Waals surface area contributed by atoms with E-state index in [0.29, 0.717) is 10.4 Å². The van der Waals surface area contributed by atoms with Crippen LogP contribution in [0, 0.1) is 12.7 Å².